The Morgan fingerprint density at radius 2 is 1.56 bits per heavy atom. The van der Waals surface area contributed by atoms with Crippen LogP contribution in [0.15, 0.2) is 77.7 Å². The maximum Gasteiger partial charge on any atom is 0.339 e. The van der Waals surface area contributed by atoms with Crippen molar-refractivity contribution in [2.45, 2.75) is 4.90 Å². The highest BCUT2D eigenvalue weighted by Crippen LogP contribution is 2.25. The second-order valence-electron chi connectivity index (χ2n) is 5.72. The third-order valence-corrected chi connectivity index (χ3v) is 5.33. The van der Waals surface area contributed by atoms with Gasteiger partial charge in [0.05, 0.1) is 12.0 Å². The number of ether oxygens (including phenoxy) is 1. The van der Waals surface area contributed by atoms with Crippen LogP contribution in [0.1, 0.15) is 10.4 Å². The monoisotopic (exact) mass is 383 g/mol. The lowest BCUT2D eigenvalue weighted by molar-refractivity contribution is 0.0693. The average molecular weight is 383 g/mol. The van der Waals surface area contributed by atoms with Gasteiger partial charge in [-0.15, -0.1) is 0 Å². The van der Waals surface area contributed by atoms with E-state index in [0.717, 1.165) is 17.2 Å². The van der Waals surface area contributed by atoms with E-state index >= 15 is 0 Å². The molecule has 0 saturated carbocycles. The van der Waals surface area contributed by atoms with E-state index < -0.39 is 16.0 Å². The second kappa shape index (κ2) is 7.51. The molecule has 0 aliphatic heterocycles. The van der Waals surface area contributed by atoms with Gasteiger partial charge in [0.25, 0.3) is 10.0 Å². The van der Waals surface area contributed by atoms with E-state index in [1.54, 1.807) is 12.1 Å². The number of nitrogens with one attached hydrogen (secondary N) is 1. The highest BCUT2D eigenvalue weighted by molar-refractivity contribution is 7.92. The summed E-state index contributed by atoms with van der Waals surface area (Å²) in [4.78, 5) is 11.1. The van der Waals surface area contributed by atoms with E-state index in [1.165, 1.54) is 19.2 Å². The minimum absolute atomic E-state index is 0.0914. The van der Waals surface area contributed by atoms with Crippen LogP contribution in [0, 0.1) is 0 Å². The quantitative estimate of drug-likeness (QED) is 0.674. The average Bonchev–Trinajstić information content (AvgIpc) is 2.68. The Labute approximate surface area is 157 Å². The van der Waals surface area contributed by atoms with Crippen molar-refractivity contribution in [2.75, 3.05) is 11.8 Å². The Bertz CT molecular complexity index is 1060. The van der Waals surface area contributed by atoms with Gasteiger partial charge in [-0.3, -0.25) is 4.72 Å². The van der Waals surface area contributed by atoms with Gasteiger partial charge in [0, 0.05) is 5.69 Å². The van der Waals surface area contributed by atoms with Crippen molar-refractivity contribution < 1.29 is 23.1 Å². The topological polar surface area (TPSA) is 92.7 Å². The normalized spacial score (nSPS) is 11.0. The molecule has 27 heavy (non-hydrogen) atoms. The largest absolute Gasteiger partial charge is 0.496 e. The molecule has 0 saturated heterocycles. The Morgan fingerprint density at radius 3 is 2.15 bits per heavy atom. The Kier molecular flexibility index (Phi) is 5.14. The smallest absolute Gasteiger partial charge is 0.339 e. The molecule has 0 bridgehead atoms. The van der Waals surface area contributed by atoms with Crippen LogP contribution in [0.4, 0.5) is 5.69 Å². The minimum atomic E-state index is -3.94. The number of sulfonamides is 1. The fraction of sp³-hybridized carbons (Fsp3) is 0.0500. The van der Waals surface area contributed by atoms with Gasteiger partial charge in [0.1, 0.15) is 11.3 Å². The number of carboxylic acids is 1. The zero-order valence-electron chi connectivity index (χ0n) is 14.4. The van der Waals surface area contributed by atoms with Crippen molar-refractivity contribution in [3.63, 3.8) is 0 Å². The number of methoxy groups -OCH3 is 1. The van der Waals surface area contributed by atoms with Crippen LogP contribution in [-0.2, 0) is 10.0 Å². The Morgan fingerprint density at radius 1 is 0.926 bits per heavy atom. The van der Waals surface area contributed by atoms with Crippen LogP contribution >= 0.6 is 0 Å². The van der Waals surface area contributed by atoms with E-state index in [-0.39, 0.29) is 16.2 Å². The van der Waals surface area contributed by atoms with Gasteiger partial charge in [-0.2, -0.15) is 0 Å². The number of hydrogen-bond donors (Lipinski definition) is 2. The SMILES string of the molecule is COc1ccc(S(=O)(=O)Nc2ccc(-c3ccccc3)cc2)cc1C(=O)O. The summed E-state index contributed by atoms with van der Waals surface area (Å²) in [6, 6.07) is 20.3. The first-order valence-corrected chi connectivity index (χ1v) is 9.48. The van der Waals surface area contributed by atoms with Gasteiger partial charge >= 0.3 is 5.97 Å². The third kappa shape index (κ3) is 4.09. The molecular formula is C20H17NO5S. The van der Waals surface area contributed by atoms with Gasteiger partial charge in [0.15, 0.2) is 0 Å². The van der Waals surface area contributed by atoms with Gasteiger partial charge in [-0.25, -0.2) is 13.2 Å². The highest BCUT2D eigenvalue weighted by atomic mass is 32.2. The molecule has 138 valence electrons. The van der Waals surface area contributed by atoms with Crippen molar-refractivity contribution in [2.24, 2.45) is 0 Å². The summed E-state index contributed by atoms with van der Waals surface area (Å²) in [7, 11) is -2.62. The van der Waals surface area contributed by atoms with Gasteiger partial charge in [0.2, 0.25) is 0 Å². The molecule has 2 N–H and O–H groups in total. The first-order valence-electron chi connectivity index (χ1n) is 8.00. The third-order valence-electron chi connectivity index (χ3n) is 3.96. The first kappa shape index (κ1) is 18.5. The Balaban J connectivity index is 1.86. The predicted octanol–water partition coefficient (Wildman–Crippen LogP) is 3.86. The van der Waals surface area contributed by atoms with Crippen molar-refractivity contribution in [3.05, 3.63) is 78.4 Å². The van der Waals surface area contributed by atoms with E-state index in [1.807, 2.05) is 42.5 Å². The van der Waals surface area contributed by atoms with Gasteiger partial charge in [-0.1, -0.05) is 42.5 Å². The lowest BCUT2D eigenvalue weighted by Crippen LogP contribution is -2.14. The molecule has 0 heterocycles. The Hall–Kier alpha value is -3.32. The second-order valence-corrected chi connectivity index (χ2v) is 7.40. The van der Waals surface area contributed by atoms with Crippen LogP contribution in [-0.4, -0.2) is 26.6 Å². The molecule has 0 aliphatic carbocycles. The molecule has 0 aliphatic rings. The lowest BCUT2D eigenvalue weighted by Gasteiger charge is -2.11. The standard InChI is InChI=1S/C20H17NO5S/c1-26-19-12-11-17(13-18(19)20(22)23)27(24,25)21-16-9-7-15(8-10-16)14-5-3-2-4-6-14/h2-13,21H,1H3,(H,22,23). The van der Waals surface area contributed by atoms with Crippen LogP contribution in [0.25, 0.3) is 11.1 Å². The van der Waals surface area contributed by atoms with Crippen LogP contribution in [0.2, 0.25) is 0 Å². The predicted molar refractivity (Wildman–Crippen MR) is 103 cm³/mol. The molecule has 0 fully saturated rings. The van der Waals surface area contributed by atoms with E-state index in [0.29, 0.717) is 5.69 Å². The number of carbonyl (C=O) groups is 1. The molecular weight excluding hydrogens is 366 g/mol. The molecule has 0 atom stereocenters. The maximum atomic E-state index is 12.6. The summed E-state index contributed by atoms with van der Waals surface area (Å²) < 4.78 is 32.6. The van der Waals surface area contributed by atoms with E-state index in [2.05, 4.69) is 4.72 Å². The van der Waals surface area contributed by atoms with Crippen LogP contribution in [0.5, 0.6) is 5.75 Å². The molecule has 3 aromatic carbocycles. The lowest BCUT2D eigenvalue weighted by atomic mass is 10.1. The van der Waals surface area contributed by atoms with E-state index in [4.69, 9.17) is 4.74 Å². The summed E-state index contributed by atoms with van der Waals surface area (Å²) >= 11 is 0. The fourth-order valence-corrected chi connectivity index (χ4v) is 3.68. The number of anilines is 1. The zero-order chi connectivity index (χ0) is 19.4. The molecule has 7 heteroatoms. The summed E-state index contributed by atoms with van der Waals surface area (Å²) in [5.74, 6) is -1.18. The maximum absolute atomic E-state index is 12.6. The molecule has 0 unspecified atom stereocenters. The van der Waals surface area contributed by atoms with Gasteiger partial charge in [-0.05, 0) is 41.5 Å². The van der Waals surface area contributed by atoms with E-state index in [9.17, 15) is 18.3 Å². The molecule has 0 spiro atoms. The fourth-order valence-electron chi connectivity index (χ4n) is 2.60. The van der Waals surface area contributed by atoms with Crippen LogP contribution in [0.3, 0.4) is 0 Å². The molecule has 3 rings (SSSR count). The molecule has 0 radical (unpaired) electrons. The highest BCUT2D eigenvalue weighted by Gasteiger charge is 2.19. The minimum Gasteiger partial charge on any atom is -0.496 e. The van der Waals surface area contributed by atoms with Gasteiger partial charge < -0.3 is 9.84 Å². The number of hydrogen-bond acceptors (Lipinski definition) is 4. The van der Waals surface area contributed by atoms with Crippen molar-refractivity contribution >= 4 is 21.7 Å². The summed E-state index contributed by atoms with van der Waals surface area (Å²) in [5.41, 5.74) is 2.13. The summed E-state index contributed by atoms with van der Waals surface area (Å²) in [6.07, 6.45) is 0. The van der Waals surface area contributed by atoms with Crippen molar-refractivity contribution in [1.29, 1.82) is 0 Å². The molecule has 3 aromatic rings. The number of aromatic carboxylic acids is 1. The molecule has 0 amide bonds. The van der Waals surface area contributed by atoms with Crippen LogP contribution < -0.4 is 9.46 Å². The molecule has 0 aromatic heterocycles. The van der Waals surface area contributed by atoms with Crippen molar-refractivity contribution in [1.82, 2.24) is 0 Å². The zero-order valence-corrected chi connectivity index (χ0v) is 15.2. The first-order chi connectivity index (χ1) is 12.9. The summed E-state index contributed by atoms with van der Waals surface area (Å²) in [6.45, 7) is 0. The van der Waals surface area contributed by atoms with Crippen molar-refractivity contribution in [3.8, 4) is 16.9 Å². The number of carboxylic acid groups (broad SMARTS) is 1. The molecule has 6 nitrogen and oxygen atoms in total. The summed E-state index contributed by atoms with van der Waals surface area (Å²) in [5, 5.41) is 9.22. The number of rotatable bonds is 6. The number of benzene rings is 3.